The maximum absolute atomic E-state index is 12.4. The Kier molecular flexibility index (Phi) is 4.75. The molecule has 1 heterocycles. The second-order valence-corrected chi connectivity index (χ2v) is 5.90. The summed E-state index contributed by atoms with van der Waals surface area (Å²) in [5, 5.41) is 2.81. The van der Waals surface area contributed by atoms with Crippen molar-refractivity contribution in [2.45, 2.75) is 20.4 Å². The lowest BCUT2D eigenvalue weighted by Gasteiger charge is -2.11. The average Bonchev–Trinajstić information content (AvgIpc) is 2.59. The molecule has 1 amide bonds. The molecule has 5 heteroatoms. The Morgan fingerprint density at radius 2 is 1.80 bits per heavy atom. The highest BCUT2D eigenvalue weighted by Gasteiger charge is 2.11. The largest absolute Gasteiger partial charge is 0.325 e. The summed E-state index contributed by atoms with van der Waals surface area (Å²) in [5.74, 6) is 0.246. The molecule has 0 spiro atoms. The van der Waals surface area contributed by atoms with Crippen molar-refractivity contribution in [2.75, 3.05) is 5.32 Å². The van der Waals surface area contributed by atoms with Crippen molar-refractivity contribution >= 4 is 11.6 Å². The van der Waals surface area contributed by atoms with E-state index < -0.39 is 0 Å². The van der Waals surface area contributed by atoms with E-state index in [4.69, 9.17) is 0 Å². The molecule has 0 fully saturated rings. The van der Waals surface area contributed by atoms with Crippen molar-refractivity contribution in [3.05, 3.63) is 82.4 Å². The highest BCUT2D eigenvalue weighted by Crippen LogP contribution is 2.15. The van der Waals surface area contributed by atoms with Gasteiger partial charge in [0.05, 0.1) is 5.69 Å². The minimum atomic E-state index is -0.259. The molecular formula is C20H19N3O2. The van der Waals surface area contributed by atoms with Crippen molar-refractivity contribution in [2.24, 2.45) is 0 Å². The predicted molar refractivity (Wildman–Crippen MR) is 98.5 cm³/mol. The van der Waals surface area contributed by atoms with E-state index in [1.165, 1.54) is 10.6 Å². The van der Waals surface area contributed by atoms with Gasteiger partial charge in [0.25, 0.3) is 5.56 Å². The number of anilines is 1. The second kappa shape index (κ2) is 7.13. The molecule has 3 rings (SSSR count). The van der Waals surface area contributed by atoms with Crippen LogP contribution < -0.4 is 10.9 Å². The molecule has 0 aliphatic carbocycles. The molecule has 0 atom stereocenters. The lowest BCUT2D eigenvalue weighted by Crippen LogP contribution is -2.29. The summed E-state index contributed by atoms with van der Waals surface area (Å²) >= 11 is 0. The molecule has 0 aliphatic heterocycles. The zero-order valence-corrected chi connectivity index (χ0v) is 14.2. The molecule has 0 unspecified atom stereocenters. The van der Waals surface area contributed by atoms with Crippen LogP contribution in [0.25, 0.3) is 11.3 Å². The number of benzene rings is 2. The second-order valence-electron chi connectivity index (χ2n) is 5.90. The lowest BCUT2D eigenvalue weighted by atomic mass is 10.1. The highest BCUT2D eigenvalue weighted by molar-refractivity contribution is 5.90. The maximum atomic E-state index is 12.4. The molecule has 126 valence electrons. The SMILES string of the molecule is Cc1cccc(NC(=O)Cn2c(C)nc(-c3ccccc3)cc2=O)c1. The maximum Gasteiger partial charge on any atom is 0.254 e. The van der Waals surface area contributed by atoms with Gasteiger partial charge in [-0.2, -0.15) is 0 Å². The first-order valence-corrected chi connectivity index (χ1v) is 8.03. The summed E-state index contributed by atoms with van der Waals surface area (Å²) < 4.78 is 1.37. The van der Waals surface area contributed by atoms with Crippen LogP contribution in [0, 0.1) is 13.8 Å². The summed E-state index contributed by atoms with van der Waals surface area (Å²) in [7, 11) is 0. The Labute approximate surface area is 146 Å². The van der Waals surface area contributed by atoms with Gasteiger partial charge in [0.1, 0.15) is 12.4 Å². The number of aryl methyl sites for hydroxylation is 2. The standard InChI is InChI=1S/C20H19N3O2/c1-14-7-6-10-17(11-14)22-19(24)13-23-15(2)21-18(12-20(23)25)16-8-4-3-5-9-16/h3-12H,13H2,1-2H3,(H,22,24). The van der Waals surface area contributed by atoms with E-state index in [0.717, 1.165) is 11.1 Å². The van der Waals surface area contributed by atoms with Crippen molar-refractivity contribution in [1.82, 2.24) is 9.55 Å². The zero-order chi connectivity index (χ0) is 17.8. The van der Waals surface area contributed by atoms with E-state index in [-0.39, 0.29) is 18.0 Å². The molecular weight excluding hydrogens is 314 g/mol. The van der Waals surface area contributed by atoms with Gasteiger partial charge in [-0.25, -0.2) is 4.98 Å². The van der Waals surface area contributed by atoms with E-state index in [9.17, 15) is 9.59 Å². The van der Waals surface area contributed by atoms with Crippen LogP contribution in [0.3, 0.4) is 0 Å². The van der Waals surface area contributed by atoms with Crippen LogP contribution in [0.5, 0.6) is 0 Å². The number of nitrogens with one attached hydrogen (secondary N) is 1. The monoisotopic (exact) mass is 333 g/mol. The normalized spacial score (nSPS) is 10.5. The van der Waals surface area contributed by atoms with E-state index >= 15 is 0 Å². The van der Waals surface area contributed by atoms with Crippen molar-refractivity contribution < 1.29 is 4.79 Å². The van der Waals surface area contributed by atoms with Crippen molar-refractivity contribution in [1.29, 1.82) is 0 Å². The van der Waals surface area contributed by atoms with Gasteiger partial charge >= 0.3 is 0 Å². The number of hydrogen-bond donors (Lipinski definition) is 1. The number of amides is 1. The summed E-state index contributed by atoms with van der Waals surface area (Å²) in [5.41, 5.74) is 3.01. The van der Waals surface area contributed by atoms with Crippen LogP contribution in [0.4, 0.5) is 5.69 Å². The molecule has 0 saturated carbocycles. The number of carbonyl (C=O) groups is 1. The quantitative estimate of drug-likeness (QED) is 0.797. The number of carbonyl (C=O) groups excluding carboxylic acids is 1. The Morgan fingerprint density at radius 1 is 1.04 bits per heavy atom. The third-order valence-electron chi connectivity index (χ3n) is 3.87. The van der Waals surface area contributed by atoms with Gasteiger partial charge in [0, 0.05) is 17.3 Å². The minimum absolute atomic E-state index is 0.0688. The van der Waals surface area contributed by atoms with Gasteiger partial charge in [-0.3, -0.25) is 14.2 Å². The molecule has 0 saturated heterocycles. The van der Waals surface area contributed by atoms with Crippen molar-refractivity contribution in [3.8, 4) is 11.3 Å². The number of rotatable bonds is 4. The molecule has 2 aromatic carbocycles. The van der Waals surface area contributed by atoms with Gasteiger partial charge in [0.2, 0.25) is 5.91 Å². The van der Waals surface area contributed by atoms with Crippen LogP contribution in [-0.2, 0) is 11.3 Å². The molecule has 0 bridgehead atoms. The molecule has 0 aliphatic rings. The van der Waals surface area contributed by atoms with E-state index in [2.05, 4.69) is 10.3 Å². The van der Waals surface area contributed by atoms with E-state index in [0.29, 0.717) is 17.2 Å². The average molecular weight is 333 g/mol. The molecule has 5 nitrogen and oxygen atoms in total. The van der Waals surface area contributed by atoms with Crippen LogP contribution in [-0.4, -0.2) is 15.5 Å². The number of aromatic nitrogens is 2. The first-order chi connectivity index (χ1) is 12.0. The van der Waals surface area contributed by atoms with Gasteiger partial charge in [-0.1, -0.05) is 42.5 Å². The van der Waals surface area contributed by atoms with Gasteiger partial charge in [-0.05, 0) is 31.5 Å². The zero-order valence-electron chi connectivity index (χ0n) is 14.2. The smallest absolute Gasteiger partial charge is 0.254 e. The van der Waals surface area contributed by atoms with E-state index in [1.54, 1.807) is 6.92 Å². The fraction of sp³-hybridized carbons (Fsp3) is 0.150. The Balaban J connectivity index is 1.81. The molecule has 1 N–H and O–H groups in total. The summed E-state index contributed by atoms with van der Waals surface area (Å²) in [6.45, 7) is 3.62. The molecule has 3 aromatic rings. The summed E-state index contributed by atoms with van der Waals surface area (Å²) in [6.07, 6.45) is 0. The molecule has 25 heavy (non-hydrogen) atoms. The van der Waals surface area contributed by atoms with Gasteiger partial charge < -0.3 is 5.32 Å². The predicted octanol–water partition coefficient (Wildman–Crippen LogP) is 3.17. The first kappa shape index (κ1) is 16.6. The van der Waals surface area contributed by atoms with Crippen LogP contribution in [0.2, 0.25) is 0 Å². The first-order valence-electron chi connectivity index (χ1n) is 8.03. The van der Waals surface area contributed by atoms with Crippen LogP contribution >= 0.6 is 0 Å². The highest BCUT2D eigenvalue weighted by atomic mass is 16.2. The Hall–Kier alpha value is -3.21. The summed E-state index contributed by atoms with van der Waals surface area (Å²) in [4.78, 5) is 29.1. The number of hydrogen-bond acceptors (Lipinski definition) is 3. The van der Waals surface area contributed by atoms with Crippen LogP contribution in [0.1, 0.15) is 11.4 Å². The Morgan fingerprint density at radius 3 is 2.48 bits per heavy atom. The third-order valence-corrected chi connectivity index (χ3v) is 3.87. The molecule has 1 aromatic heterocycles. The summed E-state index contributed by atoms with van der Waals surface area (Å²) in [6, 6.07) is 18.5. The fourth-order valence-electron chi connectivity index (χ4n) is 2.64. The topological polar surface area (TPSA) is 64.0 Å². The Bertz CT molecular complexity index is 962. The van der Waals surface area contributed by atoms with E-state index in [1.807, 2.05) is 61.5 Å². The fourth-order valence-corrected chi connectivity index (χ4v) is 2.64. The van der Waals surface area contributed by atoms with Gasteiger partial charge in [-0.15, -0.1) is 0 Å². The van der Waals surface area contributed by atoms with Crippen LogP contribution in [0.15, 0.2) is 65.5 Å². The van der Waals surface area contributed by atoms with Gasteiger partial charge in [0.15, 0.2) is 0 Å². The number of nitrogens with zero attached hydrogens (tertiary/aromatic N) is 2. The third kappa shape index (κ3) is 4.01. The minimum Gasteiger partial charge on any atom is -0.325 e. The van der Waals surface area contributed by atoms with Crippen molar-refractivity contribution in [3.63, 3.8) is 0 Å². The lowest BCUT2D eigenvalue weighted by molar-refractivity contribution is -0.116. The molecule has 0 radical (unpaired) electrons.